The van der Waals surface area contributed by atoms with E-state index in [1.54, 1.807) is 0 Å². The monoisotopic (exact) mass is 334 g/mol. The van der Waals surface area contributed by atoms with Crippen LogP contribution in [0.1, 0.15) is 59.8 Å². The fourth-order valence-corrected chi connectivity index (χ4v) is 3.28. The Morgan fingerprint density at radius 2 is 1.86 bits per heavy atom. The zero-order valence-electron chi connectivity index (χ0n) is 14.2. The maximum Gasteiger partial charge on any atom is 0.320 e. The van der Waals surface area contributed by atoms with Gasteiger partial charge in [0, 0.05) is 13.5 Å². The van der Waals surface area contributed by atoms with E-state index in [-0.39, 0.29) is 24.5 Å². The molecule has 130 valence electrons. The van der Waals surface area contributed by atoms with Crippen molar-refractivity contribution in [2.75, 3.05) is 6.54 Å². The number of nitrogens with zero attached hydrogens (tertiary/aromatic N) is 1. The van der Waals surface area contributed by atoms with Crippen molar-refractivity contribution in [3.05, 3.63) is 0 Å². The smallest absolute Gasteiger partial charge is 0.320 e. The predicted molar refractivity (Wildman–Crippen MR) is 90.1 cm³/mol. The van der Waals surface area contributed by atoms with Crippen molar-refractivity contribution in [3.8, 4) is 0 Å². The second-order valence-corrected chi connectivity index (χ2v) is 6.20. The molecule has 1 aliphatic heterocycles. The molecule has 6 heteroatoms. The first-order valence-electron chi connectivity index (χ1n) is 8.18. The molecule has 2 N–H and O–H groups in total. The molecule has 0 aromatic heterocycles. The summed E-state index contributed by atoms with van der Waals surface area (Å²) in [5.41, 5.74) is 0. The highest BCUT2D eigenvalue weighted by molar-refractivity contribution is 5.85. The lowest BCUT2D eigenvalue weighted by atomic mass is 9.97. The zero-order chi connectivity index (χ0) is 16.0. The minimum atomic E-state index is -0.772. The highest BCUT2D eigenvalue weighted by Crippen LogP contribution is 2.30. The van der Waals surface area contributed by atoms with Gasteiger partial charge in [-0.15, -0.1) is 12.4 Å². The fourth-order valence-electron chi connectivity index (χ4n) is 3.28. The average Bonchev–Trinajstić information content (AvgIpc) is 2.87. The molecule has 1 heterocycles. The second-order valence-electron chi connectivity index (χ2n) is 6.20. The first-order valence-corrected chi connectivity index (χ1v) is 8.18. The van der Waals surface area contributed by atoms with E-state index in [4.69, 9.17) is 0 Å². The number of carbonyl (C=O) groups is 2. The van der Waals surface area contributed by atoms with Crippen LogP contribution in [0.4, 0.5) is 0 Å². The van der Waals surface area contributed by atoms with Gasteiger partial charge in [-0.1, -0.05) is 40.0 Å². The lowest BCUT2D eigenvalue weighted by molar-refractivity contribution is -0.144. The van der Waals surface area contributed by atoms with Gasteiger partial charge in [0.15, 0.2) is 0 Å². The lowest BCUT2D eigenvalue weighted by Crippen LogP contribution is -2.52. The summed E-state index contributed by atoms with van der Waals surface area (Å²) in [6.07, 6.45) is 4.44. The molecule has 3 atom stereocenters. The van der Waals surface area contributed by atoms with E-state index in [1.165, 1.54) is 6.92 Å². The molecule has 1 saturated heterocycles. The summed E-state index contributed by atoms with van der Waals surface area (Å²) in [7, 11) is 0. The van der Waals surface area contributed by atoms with Crippen LogP contribution in [-0.2, 0) is 9.59 Å². The molecular formula is C16H31ClN2O3. The van der Waals surface area contributed by atoms with Gasteiger partial charge in [-0.25, -0.2) is 0 Å². The highest BCUT2D eigenvalue weighted by Gasteiger charge is 2.40. The molecule has 1 unspecified atom stereocenters. The third kappa shape index (κ3) is 5.76. The van der Waals surface area contributed by atoms with Crippen LogP contribution in [0.2, 0.25) is 0 Å². The molecule has 1 amide bonds. The van der Waals surface area contributed by atoms with Gasteiger partial charge in [0.2, 0.25) is 5.91 Å². The zero-order valence-corrected chi connectivity index (χ0v) is 15.0. The number of carboxylic acids is 1. The van der Waals surface area contributed by atoms with E-state index in [1.807, 2.05) is 4.90 Å². The predicted octanol–water partition coefficient (Wildman–Crippen LogP) is 2.88. The molecule has 1 fully saturated rings. The van der Waals surface area contributed by atoms with Crippen LogP contribution < -0.4 is 5.32 Å². The second kappa shape index (κ2) is 10.1. The fraction of sp³-hybridized carbons (Fsp3) is 0.875. The Balaban J connectivity index is 0.00000441. The van der Waals surface area contributed by atoms with Gasteiger partial charge < -0.3 is 10.4 Å². The number of carboxylic acid groups (broad SMARTS) is 1. The molecule has 0 aromatic rings. The van der Waals surface area contributed by atoms with Crippen LogP contribution >= 0.6 is 12.4 Å². The van der Waals surface area contributed by atoms with Crippen LogP contribution in [0.25, 0.3) is 0 Å². The molecule has 0 aliphatic carbocycles. The van der Waals surface area contributed by atoms with Gasteiger partial charge >= 0.3 is 5.97 Å². The molecule has 0 bridgehead atoms. The Kier molecular flexibility index (Phi) is 9.69. The van der Waals surface area contributed by atoms with Crippen molar-refractivity contribution in [2.24, 2.45) is 11.8 Å². The Bertz CT molecular complexity index is 361. The van der Waals surface area contributed by atoms with E-state index in [0.717, 1.165) is 32.2 Å². The van der Waals surface area contributed by atoms with Crippen molar-refractivity contribution < 1.29 is 14.7 Å². The van der Waals surface area contributed by atoms with Crippen LogP contribution in [0.15, 0.2) is 0 Å². The van der Waals surface area contributed by atoms with Gasteiger partial charge in [-0.3, -0.25) is 14.5 Å². The number of likely N-dealkylation sites (tertiary alicyclic amines) is 1. The maximum atomic E-state index is 11.5. The molecule has 0 spiro atoms. The largest absolute Gasteiger partial charge is 0.480 e. The van der Waals surface area contributed by atoms with Crippen molar-refractivity contribution in [2.45, 2.75) is 72.0 Å². The Morgan fingerprint density at radius 1 is 1.27 bits per heavy atom. The molecule has 5 nitrogen and oxygen atoms in total. The number of amides is 1. The topological polar surface area (TPSA) is 69.6 Å². The summed E-state index contributed by atoms with van der Waals surface area (Å²) >= 11 is 0. The van der Waals surface area contributed by atoms with Crippen molar-refractivity contribution in [1.29, 1.82) is 0 Å². The van der Waals surface area contributed by atoms with E-state index in [0.29, 0.717) is 18.3 Å². The first-order chi connectivity index (χ1) is 9.92. The minimum absolute atomic E-state index is 0. The van der Waals surface area contributed by atoms with E-state index >= 15 is 0 Å². The molecule has 1 rings (SSSR count). The third-order valence-electron chi connectivity index (χ3n) is 4.77. The van der Waals surface area contributed by atoms with E-state index in [2.05, 4.69) is 26.1 Å². The number of hydrogen-bond donors (Lipinski definition) is 2. The summed E-state index contributed by atoms with van der Waals surface area (Å²) in [6.45, 7) is 8.65. The number of nitrogens with one attached hydrogen (secondary N) is 1. The van der Waals surface area contributed by atoms with Gasteiger partial charge in [-0.05, 0) is 24.7 Å². The highest BCUT2D eigenvalue weighted by atomic mass is 35.5. The normalized spacial score (nSPS) is 23.1. The van der Waals surface area contributed by atoms with Crippen molar-refractivity contribution >= 4 is 24.3 Å². The summed E-state index contributed by atoms with van der Waals surface area (Å²) in [5.74, 6) is 0.0573. The van der Waals surface area contributed by atoms with Gasteiger partial charge in [0.05, 0.1) is 6.17 Å². The van der Waals surface area contributed by atoms with E-state index < -0.39 is 12.0 Å². The summed E-state index contributed by atoms with van der Waals surface area (Å²) in [6, 6.07) is -0.471. The minimum Gasteiger partial charge on any atom is -0.480 e. The van der Waals surface area contributed by atoms with Gasteiger partial charge in [0.1, 0.15) is 6.04 Å². The summed E-state index contributed by atoms with van der Waals surface area (Å²) < 4.78 is 0. The maximum absolute atomic E-state index is 11.5. The summed E-state index contributed by atoms with van der Waals surface area (Å²) in [4.78, 5) is 25.0. The Hall–Kier alpha value is -0.810. The standard InChI is InChI=1S/C16H30N2O3.ClH/c1-5-12(6-2)9-15(17-11(4)19)18-10-13(7-3)8-14(18)16(20)21;/h12-15H,5-10H2,1-4H3,(H,17,19)(H,20,21);1H/t13-,14-,15?;/m0./s1. The van der Waals surface area contributed by atoms with E-state index in [9.17, 15) is 14.7 Å². The van der Waals surface area contributed by atoms with Crippen LogP contribution in [-0.4, -0.2) is 40.6 Å². The van der Waals surface area contributed by atoms with Crippen molar-refractivity contribution in [1.82, 2.24) is 10.2 Å². The number of hydrogen-bond acceptors (Lipinski definition) is 3. The van der Waals surface area contributed by atoms with Crippen LogP contribution in [0.5, 0.6) is 0 Å². The average molecular weight is 335 g/mol. The third-order valence-corrected chi connectivity index (χ3v) is 4.77. The molecule has 0 radical (unpaired) electrons. The van der Waals surface area contributed by atoms with Crippen LogP contribution in [0, 0.1) is 11.8 Å². The van der Waals surface area contributed by atoms with Crippen LogP contribution in [0.3, 0.4) is 0 Å². The van der Waals surface area contributed by atoms with Gasteiger partial charge in [-0.2, -0.15) is 0 Å². The van der Waals surface area contributed by atoms with Gasteiger partial charge in [0.25, 0.3) is 0 Å². The molecule has 0 aromatic carbocycles. The molecule has 1 aliphatic rings. The number of aliphatic carboxylic acids is 1. The van der Waals surface area contributed by atoms with Crippen molar-refractivity contribution in [3.63, 3.8) is 0 Å². The molecular weight excluding hydrogens is 304 g/mol. The SMILES string of the molecule is CCC(CC)CC(NC(C)=O)N1C[C@@H](CC)C[C@H]1C(=O)O.Cl. The summed E-state index contributed by atoms with van der Waals surface area (Å²) in [5, 5.41) is 12.4. The quantitative estimate of drug-likeness (QED) is 0.716. The lowest BCUT2D eigenvalue weighted by Gasteiger charge is -2.33. The Morgan fingerprint density at radius 3 is 2.27 bits per heavy atom. The Labute approximate surface area is 140 Å². The number of carbonyl (C=O) groups excluding carboxylic acids is 1. The molecule has 22 heavy (non-hydrogen) atoms. The number of halogens is 1. The first kappa shape index (κ1) is 21.2. The number of rotatable bonds is 8. The molecule has 0 saturated carbocycles.